The fourth-order valence-corrected chi connectivity index (χ4v) is 3.39. The van der Waals surface area contributed by atoms with Crippen LogP contribution in [0, 0.1) is 5.92 Å². The number of nitrogens with one attached hydrogen (secondary N) is 1. The van der Waals surface area contributed by atoms with Gasteiger partial charge in [0.05, 0.1) is 0 Å². The molecule has 3 rings (SSSR count). The first-order valence-corrected chi connectivity index (χ1v) is 7.41. The van der Waals surface area contributed by atoms with E-state index in [9.17, 15) is 4.79 Å². The number of aryl methyl sites for hydroxylation is 1. The fraction of sp³-hybridized carbons (Fsp3) is 0.562. The van der Waals surface area contributed by atoms with Crippen LogP contribution in [0.4, 0.5) is 5.69 Å². The molecule has 3 N–H and O–H groups in total. The maximum Gasteiger partial charge on any atom is 0.227 e. The van der Waals surface area contributed by atoms with Crippen LogP contribution in [0.3, 0.4) is 0 Å². The summed E-state index contributed by atoms with van der Waals surface area (Å²) in [4.78, 5) is 12.3. The number of halogens is 1. The average Bonchev–Trinajstić information content (AvgIpc) is 2.86. The van der Waals surface area contributed by atoms with Gasteiger partial charge >= 0.3 is 0 Å². The first-order chi connectivity index (χ1) is 9.24. The molecule has 0 aliphatic heterocycles. The van der Waals surface area contributed by atoms with Crippen LogP contribution in [0.1, 0.15) is 43.2 Å². The number of hydrogen-bond donors (Lipinski definition) is 2. The van der Waals surface area contributed by atoms with Crippen molar-refractivity contribution in [3.8, 4) is 0 Å². The highest BCUT2D eigenvalue weighted by Gasteiger charge is 2.28. The van der Waals surface area contributed by atoms with Crippen molar-refractivity contribution in [2.45, 2.75) is 51.0 Å². The van der Waals surface area contributed by atoms with E-state index in [-0.39, 0.29) is 30.3 Å². The lowest BCUT2D eigenvalue weighted by molar-refractivity contribution is -0.119. The monoisotopic (exact) mass is 294 g/mol. The number of carbonyl (C=O) groups excluding carboxylic acids is 1. The second kappa shape index (κ2) is 6.59. The standard InChI is InChI=1S/C16H22N2O.ClH/c17-13-9-8-12(10-13)16(19)18-15-7-3-5-11-4-1-2-6-14(11)15;/h3,5,7,12-13H,1-2,4,6,8-10,17H2,(H,18,19);1H. The third-order valence-corrected chi connectivity index (χ3v) is 4.50. The van der Waals surface area contributed by atoms with Gasteiger partial charge in [-0.25, -0.2) is 0 Å². The van der Waals surface area contributed by atoms with Gasteiger partial charge in [-0.3, -0.25) is 4.79 Å². The number of amides is 1. The largest absolute Gasteiger partial charge is 0.328 e. The Balaban J connectivity index is 0.00000147. The van der Waals surface area contributed by atoms with E-state index in [0.29, 0.717) is 0 Å². The van der Waals surface area contributed by atoms with Crippen molar-refractivity contribution in [2.75, 3.05) is 5.32 Å². The van der Waals surface area contributed by atoms with Crippen molar-refractivity contribution < 1.29 is 4.79 Å². The van der Waals surface area contributed by atoms with Gasteiger partial charge in [0, 0.05) is 17.6 Å². The van der Waals surface area contributed by atoms with Gasteiger partial charge in [-0.1, -0.05) is 12.1 Å². The van der Waals surface area contributed by atoms with Crippen LogP contribution < -0.4 is 11.1 Å². The van der Waals surface area contributed by atoms with Crippen LogP contribution in [0.5, 0.6) is 0 Å². The first kappa shape index (κ1) is 15.3. The molecule has 0 aromatic heterocycles. The Morgan fingerprint density at radius 2 is 2.00 bits per heavy atom. The van der Waals surface area contributed by atoms with E-state index in [1.54, 1.807) is 0 Å². The molecule has 1 aromatic rings. The highest BCUT2D eigenvalue weighted by Crippen LogP contribution is 2.30. The Bertz CT molecular complexity index is 489. The van der Waals surface area contributed by atoms with Crippen LogP contribution >= 0.6 is 12.4 Å². The van der Waals surface area contributed by atoms with Gasteiger partial charge in [-0.15, -0.1) is 12.4 Å². The van der Waals surface area contributed by atoms with E-state index in [1.165, 1.54) is 24.0 Å². The molecule has 3 nitrogen and oxygen atoms in total. The maximum atomic E-state index is 12.3. The third kappa shape index (κ3) is 3.15. The molecular weight excluding hydrogens is 272 g/mol. The lowest BCUT2D eigenvalue weighted by Gasteiger charge is -2.20. The minimum absolute atomic E-state index is 0. The predicted molar refractivity (Wildman–Crippen MR) is 84.3 cm³/mol. The normalized spacial score (nSPS) is 24.6. The summed E-state index contributed by atoms with van der Waals surface area (Å²) < 4.78 is 0. The summed E-state index contributed by atoms with van der Waals surface area (Å²) in [6.07, 6.45) is 7.48. The smallest absolute Gasteiger partial charge is 0.227 e. The molecule has 1 fully saturated rings. The van der Waals surface area contributed by atoms with Crippen molar-refractivity contribution in [1.29, 1.82) is 0 Å². The number of fused-ring (bicyclic) bond motifs is 1. The van der Waals surface area contributed by atoms with Crippen LogP contribution in [0.25, 0.3) is 0 Å². The summed E-state index contributed by atoms with van der Waals surface area (Å²) in [6, 6.07) is 6.49. The zero-order valence-electron chi connectivity index (χ0n) is 11.7. The molecule has 4 heteroatoms. The first-order valence-electron chi connectivity index (χ1n) is 7.41. The average molecular weight is 295 g/mol. The van der Waals surface area contributed by atoms with Gasteiger partial charge in [0.15, 0.2) is 0 Å². The predicted octanol–water partition coefficient (Wildman–Crippen LogP) is 3.05. The fourth-order valence-electron chi connectivity index (χ4n) is 3.39. The number of hydrogen-bond acceptors (Lipinski definition) is 2. The summed E-state index contributed by atoms with van der Waals surface area (Å²) in [5.74, 6) is 0.265. The molecule has 1 saturated carbocycles. The molecule has 0 radical (unpaired) electrons. The molecule has 0 saturated heterocycles. The van der Waals surface area contributed by atoms with E-state index in [4.69, 9.17) is 5.73 Å². The lowest BCUT2D eigenvalue weighted by Crippen LogP contribution is -2.24. The van der Waals surface area contributed by atoms with Crippen LogP contribution in [-0.2, 0) is 17.6 Å². The zero-order valence-corrected chi connectivity index (χ0v) is 12.5. The van der Waals surface area contributed by atoms with E-state index in [1.807, 2.05) is 6.07 Å². The number of rotatable bonds is 2. The Morgan fingerprint density at radius 1 is 1.20 bits per heavy atom. The molecule has 20 heavy (non-hydrogen) atoms. The summed E-state index contributed by atoms with van der Waals surface area (Å²) in [6.45, 7) is 0. The van der Waals surface area contributed by atoms with Crippen LogP contribution in [0.2, 0.25) is 0 Å². The van der Waals surface area contributed by atoms with Crippen LogP contribution in [-0.4, -0.2) is 11.9 Å². The van der Waals surface area contributed by atoms with Crippen molar-refractivity contribution in [2.24, 2.45) is 11.7 Å². The quantitative estimate of drug-likeness (QED) is 0.881. The molecule has 2 aliphatic carbocycles. The van der Waals surface area contributed by atoms with Gasteiger partial charge in [0.2, 0.25) is 5.91 Å². The minimum atomic E-state index is 0. The SMILES string of the molecule is Cl.NC1CCC(C(=O)Nc2cccc3c2CCCC3)C1. The zero-order chi connectivity index (χ0) is 13.2. The molecule has 2 aliphatic rings. The highest BCUT2D eigenvalue weighted by atomic mass is 35.5. The molecular formula is C16H23ClN2O. The Hall–Kier alpha value is -1.06. The minimum Gasteiger partial charge on any atom is -0.328 e. The van der Waals surface area contributed by atoms with Crippen molar-refractivity contribution in [1.82, 2.24) is 0 Å². The van der Waals surface area contributed by atoms with Gasteiger partial charge in [-0.05, 0) is 62.1 Å². The summed E-state index contributed by atoms with van der Waals surface area (Å²) >= 11 is 0. The van der Waals surface area contributed by atoms with Crippen molar-refractivity contribution in [3.05, 3.63) is 29.3 Å². The Kier molecular flexibility index (Phi) is 5.06. The Labute approximate surface area is 126 Å². The Morgan fingerprint density at radius 3 is 2.75 bits per heavy atom. The highest BCUT2D eigenvalue weighted by molar-refractivity contribution is 5.93. The maximum absolute atomic E-state index is 12.3. The van der Waals surface area contributed by atoms with E-state index < -0.39 is 0 Å². The summed E-state index contributed by atoms with van der Waals surface area (Å²) in [5, 5.41) is 3.14. The molecule has 1 aromatic carbocycles. The van der Waals surface area contributed by atoms with E-state index >= 15 is 0 Å². The molecule has 110 valence electrons. The van der Waals surface area contributed by atoms with Crippen molar-refractivity contribution >= 4 is 24.0 Å². The second-order valence-electron chi connectivity index (χ2n) is 5.91. The molecule has 0 spiro atoms. The summed E-state index contributed by atoms with van der Waals surface area (Å²) in [7, 11) is 0. The van der Waals surface area contributed by atoms with E-state index in [0.717, 1.165) is 37.8 Å². The van der Waals surface area contributed by atoms with Crippen LogP contribution in [0.15, 0.2) is 18.2 Å². The van der Waals surface area contributed by atoms with Gasteiger partial charge < -0.3 is 11.1 Å². The van der Waals surface area contributed by atoms with E-state index in [2.05, 4.69) is 17.4 Å². The van der Waals surface area contributed by atoms with Gasteiger partial charge in [0.25, 0.3) is 0 Å². The number of nitrogens with two attached hydrogens (primary N) is 1. The number of benzene rings is 1. The summed E-state index contributed by atoms with van der Waals surface area (Å²) in [5.41, 5.74) is 9.68. The molecule has 2 unspecified atom stereocenters. The molecule has 0 bridgehead atoms. The molecule has 0 heterocycles. The van der Waals surface area contributed by atoms with Gasteiger partial charge in [0.1, 0.15) is 0 Å². The number of carbonyl (C=O) groups is 1. The topological polar surface area (TPSA) is 55.1 Å². The van der Waals surface area contributed by atoms with Gasteiger partial charge in [-0.2, -0.15) is 0 Å². The molecule has 2 atom stereocenters. The lowest BCUT2D eigenvalue weighted by atomic mass is 9.90. The molecule has 1 amide bonds. The van der Waals surface area contributed by atoms with Crippen molar-refractivity contribution in [3.63, 3.8) is 0 Å². The number of anilines is 1. The third-order valence-electron chi connectivity index (χ3n) is 4.50. The second-order valence-corrected chi connectivity index (χ2v) is 5.91.